The Balaban J connectivity index is 1.40. The van der Waals surface area contributed by atoms with Crippen molar-refractivity contribution < 1.29 is 9.53 Å². The van der Waals surface area contributed by atoms with Crippen LogP contribution in [0.25, 0.3) is 5.69 Å². The standard InChI is InChI=1S/C18H18N6O2/c1-13-7-8-17(21-20-13)26-15-9-10-23(12-15)18(25)16-11-19-24(22-16)14-5-3-2-4-6-14/h2-8,11,15H,9-10,12H2,1H3. The molecule has 1 aliphatic heterocycles. The van der Waals surface area contributed by atoms with Crippen LogP contribution in [0.5, 0.6) is 5.88 Å². The van der Waals surface area contributed by atoms with Crippen LogP contribution in [-0.2, 0) is 0 Å². The number of nitrogens with zero attached hydrogens (tertiary/aromatic N) is 6. The second-order valence-electron chi connectivity index (χ2n) is 6.15. The Hall–Kier alpha value is -3.29. The van der Waals surface area contributed by atoms with Gasteiger partial charge in [0.25, 0.3) is 5.91 Å². The molecule has 8 heteroatoms. The first-order valence-corrected chi connectivity index (χ1v) is 8.43. The smallest absolute Gasteiger partial charge is 0.276 e. The Bertz CT molecular complexity index is 894. The van der Waals surface area contributed by atoms with Gasteiger partial charge in [-0.15, -0.1) is 10.2 Å². The van der Waals surface area contributed by atoms with E-state index in [9.17, 15) is 4.79 Å². The highest BCUT2D eigenvalue weighted by molar-refractivity contribution is 5.92. The molecule has 3 heterocycles. The molecular formula is C18H18N6O2. The molecule has 1 unspecified atom stereocenters. The average molecular weight is 350 g/mol. The van der Waals surface area contributed by atoms with E-state index in [1.54, 1.807) is 11.0 Å². The quantitative estimate of drug-likeness (QED) is 0.711. The number of hydrogen-bond acceptors (Lipinski definition) is 6. The molecule has 0 radical (unpaired) electrons. The third-order valence-corrected chi connectivity index (χ3v) is 4.19. The van der Waals surface area contributed by atoms with Crippen molar-refractivity contribution in [3.63, 3.8) is 0 Å². The second kappa shape index (κ2) is 6.91. The Morgan fingerprint density at radius 1 is 1.15 bits per heavy atom. The number of ether oxygens (including phenoxy) is 1. The molecule has 4 rings (SSSR count). The minimum atomic E-state index is -0.145. The average Bonchev–Trinajstić information content (AvgIpc) is 3.34. The third-order valence-electron chi connectivity index (χ3n) is 4.19. The number of benzene rings is 1. The van der Waals surface area contributed by atoms with Crippen LogP contribution in [0.1, 0.15) is 22.6 Å². The van der Waals surface area contributed by atoms with Gasteiger partial charge in [-0.05, 0) is 25.1 Å². The Labute approximate surface area is 150 Å². The molecule has 1 atom stereocenters. The highest BCUT2D eigenvalue weighted by atomic mass is 16.5. The number of carbonyl (C=O) groups excluding carboxylic acids is 1. The van der Waals surface area contributed by atoms with Crippen LogP contribution < -0.4 is 4.74 Å². The number of rotatable bonds is 4. The maximum Gasteiger partial charge on any atom is 0.276 e. The predicted molar refractivity (Wildman–Crippen MR) is 93.1 cm³/mol. The van der Waals surface area contributed by atoms with Gasteiger partial charge in [0, 0.05) is 19.0 Å². The van der Waals surface area contributed by atoms with Crippen LogP contribution >= 0.6 is 0 Å². The van der Waals surface area contributed by atoms with E-state index < -0.39 is 0 Å². The molecule has 0 N–H and O–H groups in total. The van der Waals surface area contributed by atoms with Crippen molar-refractivity contribution in [1.82, 2.24) is 30.1 Å². The molecule has 0 aliphatic carbocycles. The normalized spacial score (nSPS) is 16.7. The highest BCUT2D eigenvalue weighted by Crippen LogP contribution is 2.18. The predicted octanol–water partition coefficient (Wildman–Crippen LogP) is 1.66. The second-order valence-corrected chi connectivity index (χ2v) is 6.15. The minimum absolute atomic E-state index is 0.0971. The van der Waals surface area contributed by atoms with Crippen LogP contribution in [-0.4, -0.2) is 55.2 Å². The molecule has 1 aromatic carbocycles. The summed E-state index contributed by atoms with van der Waals surface area (Å²) >= 11 is 0. The van der Waals surface area contributed by atoms with E-state index in [-0.39, 0.29) is 12.0 Å². The number of carbonyl (C=O) groups is 1. The van der Waals surface area contributed by atoms with Gasteiger partial charge in [-0.3, -0.25) is 4.79 Å². The molecule has 0 bridgehead atoms. The fraction of sp³-hybridized carbons (Fsp3) is 0.278. The third kappa shape index (κ3) is 3.39. The first-order valence-electron chi connectivity index (χ1n) is 8.43. The zero-order valence-electron chi connectivity index (χ0n) is 14.3. The summed E-state index contributed by atoms with van der Waals surface area (Å²) < 4.78 is 5.81. The summed E-state index contributed by atoms with van der Waals surface area (Å²) in [6.45, 7) is 2.98. The van der Waals surface area contributed by atoms with Gasteiger partial charge in [0.15, 0.2) is 5.69 Å². The van der Waals surface area contributed by atoms with Gasteiger partial charge in [0.2, 0.25) is 5.88 Å². The summed E-state index contributed by atoms with van der Waals surface area (Å²) in [5.41, 5.74) is 1.97. The molecule has 1 amide bonds. The van der Waals surface area contributed by atoms with Crippen molar-refractivity contribution in [1.29, 1.82) is 0 Å². The summed E-state index contributed by atoms with van der Waals surface area (Å²) in [7, 11) is 0. The molecule has 8 nitrogen and oxygen atoms in total. The summed E-state index contributed by atoms with van der Waals surface area (Å²) in [5.74, 6) is 0.332. The van der Waals surface area contributed by atoms with Crippen molar-refractivity contribution in [2.45, 2.75) is 19.4 Å². The number of hydrogen-bond donors (Lipinski definition) is 0. The van der Waals surface area contributed by atoms with Gasteiger partial charge in [0.1, 0.15) is 6.10 Å². The molecule has 1 fully saturated rings. The van der Waals surface area contributed by atoms with Crippen molar-refractivity contribution in [3.05, 3.63) is 60.0 Å². The van der Waals surface area contributed by atoms with E-state index in [1.807, 2.05) is 43.3 Å². The molecule has 2 aromatic heterocycles. The van der Waals surface area contributed by atoms with Gasteiger partial charge < -0.3 is 9.64 Å². The van der Waals surface area contributed by atoms with E-state index in [0.717, 1.165) is 17.8 Å². The van der Waals surface area contributed by atoms with Gasteiger partial charge in [-0.25, -0.2) is 0 Å². The van der Waals surface area contributed by atoms with Crippen molar-refractivity contribution in [2.75, 3.05) is 13.1 Å². The lowest BCUT2D eigenvalue weighted by atomic mass is 10.3. The van der Waals surface area contributed by atoms with Crippen LogP contribution in [0.2, 0.25) is 0 Å². The van der Waals surface area contributed by atoms with Gasteiger partial charge in [-0.1, -0.05) is 18.2 Å². The van der Waals surface area contributed by atoms with Crippen molar-refractivity contribution >= 4 is 5.91 Å². The molecular weight excluding hydrogens is 332 g/mol. The van der Waals surface area contributed by atoms with E-state index >= 15 is 0 Å². The zero-order valence-corrected chi connectivity index (χ0v) is 14.3. The lowest BCUT2D eigenvalue weighted by Crippen LogP contribution is -2.31. The Morgan fingerprint density at radius 2 is 2.00 bits per heavy atom. The summed E-state index contributed by atoms with van der Waals surface area (Å²) in [4.78, 5) is 15.8. The molecule has 3 aromatic rings. The topological polar surface area (TPSA) is 86.0 Å². The number of amides is 1. The van der Waals surface area contributed by atoms with Crippen molar-refractivity contribution in [2.24, 2.45) is 0 Å². The van der Waals surface area contributed by atoms with Crippen molar-refractivity contribution in [3.8, 4) is 11.6 Å². The molecule has 0 spiro atoms. The summed E-state index contributed by atoms with van der Waals surface area (Å²) in [5, 5.41) is 16.5. The van der Waals surface area contributed by atoms with Gasteiger partial charge >= 0.3 is 0 Å². The minimum Gasteiger partial charge on any atom is -0.471 e. The SMILES string of the molecule is Cc1ccc(OC2CCN(C(=O)c3cnn(-c4ccccc4)n3)C2)nn1. The van der Waals surface area contributed by atoms with E-state index in [2.05, 4.69) is 20.4 Å². The summed E-state index contributed by atoms with van der Waals surface area (Å²) in [6.07, 6.45) is 2.14. The molecule has 132 valence electrons. The first kappa shape index (κ1) is 16.2. The lowest BCUT2D eigenvalue weighted by Gasteiger charge is -2.15. The fourth-order valence-electron chi connectivity index (χ4n) is 2.84. The van der Waals surface area contributed by atoms with E-state index in [0.29, 0.717) is 24.7 Å². The highest BCUT2D eigenvalue weighted by Gasteiger charge is 2.30. The number of para-hydroxylation sites is 1. The summed E-state index contributed by atoms with van der Waals surface area (Å²) in [6, 6.07) is 13.1. The Morgan fingerprint density at radius 3 is 2.77 bits per heavy atom. The van der Waals surface area contributed by atoms with Crippen LogP contribution in [0, 0.1) is 6.92 Å². The maximum atomic E-state index is 12.7. The monoisotopic (exact) mass is 350 g/mol. The molecule has 0 saturated carbocycles. The number of aryl methyl sites for hydroxylation is 1. The first-order chi connectivity index (χ1) is 12.7. The number of likely N-dealkylation sites (tertiary alicyclic amines) is 1. The van der Waals surface area contributed by atoms with Gasteiger partial charge in [0.05, 0.1) is 24.1 Å². The fourth-order valence-corrected chi connectivity index (χ4v) is 2.84. The maximum absolute atomic E-state index is 12.7. The van der Waals surface area contributed by atoms with E-state index in [4.69, 9.17) is 4.74 Å². The van der Waals surface area contributed by atoms with E-state index in [1.165, 1.54) is 11.0 Å². The van der Waals surface area contributed by atoms with Crippen LogP contribution in [0.3, 0.4) is 0 Å². The van der Waals surface area contributed by atoms with Crippen LogP contribution in [0.15, 0.2) is 48.7 Å². The largest absolute Gasteiger partial charge is 0.471 e. The number of aromatic nitrogens is 5. The van der Waals surface area contributed by atoms with Gasteiger partial charge in [-0.2, -0.15) is 15.0 Å². The zero-order chi connectivity index (χ0) is 17.9. The molecule has 1 saturated heterocycles. The molecule has 26 heavy (non-hydrogen) atoms. The van der Waals surface area contributed by atoms with Crippen LogP contribution in [0.4, 0.5) is 0 Å². The lowest BCUT2D eigenvalue weighted by molar-refractivity contribution is 0.0764. The Kier molecular flexibility index (Phi) is 4.30. The molecule has 1 aliphatic rings.